The summed E-state index contributed by atoms with van der Waals surface area (Å²) < 4.78 is 2.00. The Bertz CT molecular complexity index is 844. The van der Waals surface area contributed by atoms with Crippen LogP contribution in [0.25, 0.3) is 0 Å². The van der Waals surface area contributed by atoms with E-state index in [4.69, 9.17) is 24.4 Å². The molecular formula is C24H22S6. The molecule has 3 aromatic carbocycles. The summed E-state index contributed by atoms with van der Waals surface area (Å²) in [5.74, 6) is 3.70. The van der Waals surface area contributed by atoms with Crippen molar-refractivity contribution >= 4 is 78.5 Å². The van der Waals surface area contributed by atoms with Crippen LogP contribution in [0, 0.1) is 0 Å². The molecule has 0 aliphatic carbocycles. The highest BCUT2D eigenvalue weighted by molar-refractivity contribution is 8.47. The summed E-state index contributed by atoms with van der Waals surface area (Å²) in [5, 5.41) is 0. The first-order valence-electron chi connectivity index (χ1n) is 9.44. The first-order chi connectivity index (χ1) is 14.7. The van der Waals surface area contributed by atoms with E-state index in [1.54, 1.807) is 47.0 Å². The van der Waals surface area contributed by atoms with Crippen LogP contribution in [0.15, 0.2) is 84.9 Å². The maximum absolute atomic E-state index is 5.51. The fourth-order valence-corrected chi connectivity index (χ4v) is 6.52. The van der Waals surface area contributed by atoms with Gasteiger partial charge < -0.3 is 0 Å². The standard InChI is InChI=1S/C24H22S6/c25-23(27-15-19-7-3-1-4-8-19)29-17-21-11-13-22(14-12-21)18-30-24(26)28-16-20-9-5-2-6-10-20/h1-14H,15-18H2. The maximum Gasteiger partial charge on any atom is 0.104 e. The van der Waals surface area contributed by atoms with Crippen LogP contribution in [0.5, 0.6) is 0 Å². The third kappa shape index (κ3) is 9.16. The minimum atomic E-state index is 0.916. The van der Waals surface area contributed by atoms with Gasteiger partial charge >= 0.3 is 0 Å². The van der Waals surface area contributed by atoms with E-state index < -0.39 is 0 Å². The minimum absolute atomic E-state index is 0.916. The number of thiocarbonyl (C=S) groups is 2. The van der Waals surface area contributed by atoms with Gasteiger partial charge in [0.25, 0.3) is 0 Å². The van der Waals surface area contributed by atoms with Gasteiger partial charge in [0.15, 0.2) is 0 Å². The van der Waals surface area contributed by atoms with Crippen molar-refractivity contribution in [3.05, 3.63) is 107 Å². The largest absolute Gasteiger partial charge is 0.104 e. The van der Waals surface area contributed by atoms with Crippen LogP contribution in [-0.4, -0.2) is 7.06 Å². The average Bonchev–Trinajstić information content (AvgIpc) is 2.80. The Balaban J connectivity index is 1.34. The highest BCUT2D eigenvalue weighted by Gasteiger charge is 2.04. The molecule has 0 heterocycles. The van der Waals surface area contributed by atoms with Gasteiger partial charge in [0.2, 0.25) is 0 Å². The number of rotatable bonds is 8. The molecule has 30 heavy (non-hydrogen) atoms. The Kier molecular flexibility index (Phi) is 10.8. The molecule has 3 aromatic rings. The Morgan fingerprint density at radius 1 is 0.433 bits per heavy atom. The second-order valence-electron chi connectivity index (χ2n) is 6.44. The van der Waals surface area contributed by atoms with E-state index in [9.17, 15) is 0 Å². The monoisotopic (exact) mass is 502 g/mol. The summed E-state index contributed by atoms with van der Waals surface area (Å²) in [6, 6.07) is 29.7. The molecule has 0 nitrogen and oxygen atoms in total. The van der Waals surface area contributed by atoms with Gasteiger partial charge in [-0.2, -0.15) is 0 Å². The van der Waals surface area contributed by atoms with Gasteiger partial charge in [-0.1, -0.05) is 109 Å². The van der Waals surface area contributed by atoms with Crippen molar-refractivity contribution in [2.45, 2.75) is 23.0 Å². The third-order valence-corrected chi connectivity index (χ3v) is 9.82. The van der Waals surface area contributed by atoms with Gasteiger partial charge in [-0.05, 0) is 22.3 Å². The fraction of sp³-hybridized carbons (Fsp3) is 0.167. The van der Waals surface area contributed by atoms with Crippen molar-refractivity contribution < 1.29 is 0 Å². The predicted molar refractivity (Wildman–Crippen MR) is 150 cm³/mol. The van der Waals surface area contributed by atoms with Crippen molar-refractivity contribution in [1.29, 1.82) is 0 Å². The van der Waals surface area contributed by atoms with Crippen molar-refractivity contribution in [2.75, 3.05) is 0 Å². The molecule has 0 aromatic heterocycles. The van der Waals surface area contributed by atoms with Crippen LogP contribution < -0.4 is 0 Å². The molecular weight excluding hydrogens is 481 g/mol. The van der Waals surface area contributed by atoms with E-state index in [0.29, 0.717) is 0 Å². The molecule has 0 aliphatic heterocycles. The Morgan fingerprint density at radius 2 is 0.700 bits per heavy atom. The lowest BCUT2D eigenvalue weighted by molar-refractivity contribution is 1.35. The van der Waals surface area contributed by atoms with Crippen molar-refractivity contribution in [3.63, 3.8) is 0 Å². The zero-order valence-electron chi connectivity index (χ0n) is 16.4. The third-order valence-electron chi connectivity index (χ3n) is 4.14. The Hall–Kier alpha value is -0.760. The summed E-state index contributed by atoms with van der Waals surface area (Å²) in [4.78, 5) is 0. The fourth-order valence-electron chi connectivity index (χ4n) is 2.53. The van der Waals surface area contributed by atoms with Crippen LogP contribution in [0.3, 0.4) is 0 Å². The van der Waals surface area contributed by atoms with E-state index in [-0.39, 0.29) is 0 Å². The van der Waals surface area contributed by atoms with Crippen LogP contribution in [0.1, 0.15) is 22.3 Å². The van der Waals surface area contributed by atoms with E-state index in [1.807, 2.05) is 12.1 Å². The lowest BCUT2D eigenvalue weighted by Crippen LogP contribution is -1.89. The van der Waals surface area contributed by atoms with Crippen LogP contribution in [0.4, 0.5) is 0 Å². The number of hydrogen-bond acceptors (Lipinski definition) is 6. The topological polar surface area (TPSA) is 0 Å². The quantitative estimate of drug-likeness (QED) is 0.281. The summed E-state index contributed by atoms with van der Waals surface area (Å²) in [6.07, 6.45) is 0. The molecule has 0 N–H and O–H groups in total. The second kappa shape index (κ2) is 13.6. The summed E-state index contributed by atoms with van der Waals surface area (Å²) in [7, 11) is 0. The summed E-state index contributed by atoms with van der Waals surface area (Å²) >= 11 is 18.0. The predicted octanol–water partition coefficient (Wildman–Crippen LogP) is 8.59. The van der Waals surface area contributed by atoms with Crippen LogP contribution in [0.2, 0.25) is 0 Å². The Labute approximate surface area is 207 Å². The number of hydrogen-bond donors (Lipinski definition) is 0. The first-order valence-corrected chi connectivity index (χ1v) is 14.2. The van der Waals surface area contributed by atoms with Crippen LogP contribution in [-0.2, 0) is 23.0 Å². The van der Waals surface area contributed by atoms with Crippen molar-refractivity contribution in [2.24, 2.45) is 0 Å². The molecule has 0 unspecified atom stereocenters. The van der Waals surface area contributed by atoms with Gasteiger partial charge in [0.1, 0.15) is 7.06 Å². The lowest BCUT2D eigenvalue weighted by atomic mass is 10.2. The first kappa shape index (κ1) is 23.9. The lowest BCUT2D eigenvalue weighted by Gasteiger charge is -2.07. The normalized spacial score (nSPS) is 10.7. The zero-order valence-corrected chi connectivity index (χ0v) is 21.3. The summed E-state index contributed by atoms with van der Waals surface area (Å²) in [5.41, 5.74) is 5.23. The minimum Gasteiger partial charge on any atom is -0.103 e. The van der Waals surface area contributed by atoms with E-state index in [2.05, 4.69) is 72.8 Å². The molecule has 0 spiro atoms. The summed E-state index contributed by atoms with van der Waals surface area (Å²) in [6.45, 7) is 0. The maximum atomic E-state index is 5.51. The highest BCUT2D eigenvalue weighted by atomic mass is 32.2. The van der Waals surface area contributed by atoms with Crippen LogP contribution >= 0.6 is 71.5 Å². The van der Waals surface area contributed by atoms with Gasteiger partial charge in [-0.3, -0.25) is 0 Å². The van der Waals surface area contributed by atoms with Crippen molar-refractivity contribution in [3.8, 4) is 0 Å². The van der Waals surface area contributed by atoms with Gasteiger partial charge in [0, 0.05) is 23.0 Å². The smallest absolute Gasteiger partial charge is 0.103 e. The number of thioether (sulfide) groups is 4. The number of benzene rings is 3. The van der Waals surface area contributed by atoms with Gasteiger partial charge in [-0.25, -0.2) is 0 Å². The molecule has 0 fully saturated rings. The molecule has 0 saturated carbocycles. The van der Waals surface area contributed by atoms with Gasteiger partial charge in [-0.15, -0.1) is 47.0 Å². The highest BCUT2D eigenvalue weighted by Crippen LogP contribution is 2.27. The zero-order chi connectivity index (χ0) is 21.0. The molecule has 0 atom stereocenters. The Morgan fingerprint density at radius 3 is 1.00 bits per heavy atom. The van der Waals surface area contributed by atoms with E-state index in [1.165, 1.54) is 22.3 Å². The van der Waals surface area contributed by atoms with E-state index >= 15 is 0 Å². The molecule has 154 valence electrons. The average molecular weight is 503 g/mol. The molecule has 0 amide bonds. The van der Waals surface area contributed by atoms with Crippen molar-refractivity contribution in [1.82, 2.24) is 0 Å². The van der Waals surface area contributed by atoms with E-state index in [0.717, 1.165) is 30.1 Å². The molecule has 0 bridgehead atoms. The molecule has 6 heteroatoms. The molecule has 0 radical (unpaired) electrons. The van der Waals surface area contributed by atoms with Gasteiger partial charge in [0.05, 0.1) is 0 Å². The second-order valence-corrected chi connectivity index (χ2v) is 12.8. The molecule has 0 aliphatic rings. The molecule has 0 saturated heterocycles. The molecule has 3 rings (SSSR count). The SMILES string of the molecule is S=C(SCc1ccccc1)SCc1ccc(CSC(=S)SCc2ccccc2)cc1.